The lowest BCUT2D eigenvalue weighted by Crippen LogP contribution is -2.44. The summed E-state index contributed by atoms with van der Waals surface area (Å²) >= 11 is 0. The predicted octanol–water partition coefficient (Wildman–Crippen LogP) is 1.82. The summed E-state index contributed by atoms with van der Waals surface area (Å²) in [7, 11) is 0. The monoisotopic (exact) mass is 229 g/mol. The van der Waals surface area contributed by atoms with E-state index in [1.54, 1.807) is 0 Å². The zero-order chi connectivity index (χ0) is 11.9. The van der Waals surface area contributed by atoms with E-state index in [-0.39, 0.29) is 0 Å². The molecule has 0 fully saturated rings. The van der Waals surface area contributed by atoms with Crippen LogP contribution in [0.25, 0.3) is 18.3 Å². The normalized spacial score (nSPS) is 15.1. The zero-order valence-electron chi connectivity index (χ0n) is 9.95. The van der Waals surface area contributed by atoms with Crippen LogP contribution in [0.2, 0.25) is 0 Å². The summed E-state index contributed by atoms with van der Waals surface area (Å²) in [6.07, 6.45) is 4.47. The largest absolute Gasteiger partial charge is 0.383 e. The second kappa shape index (κ2) is 3.64. The smallest absolute Gasteiger partial charge is 0.313 e. The molecule has 0 aliphatic carbocycles. The molecule has 4 rings (SSSR count). The van der Waals surface area contributed by atoms with Crippen molar-refractivity contribution in [3.8, 4) is 0 Å². The van der Waals surface area contributed by atoms with Gasteiger partial charge < -0.3 is 4.81 Å². The fourth-order valence-corrected chi connectivity index (χ4v) is 2.72. The zero-order valence-corrected chi connectivity index (χ0v) is 9.95. The summed E-state index contributed by atoms with van der Waals surface area (Å²) in [5.74, 6) is 4.58. The molecule has 0 atom stereocenters. The van der Waals surface area contributed by atoms with Gasteiger partial charge in [-0.25, -0.2) is 0 Å². The van der Waals surface area contributed by atoms with Crippen molar-refractivity contribution in [2.75, 3.05) is 4.81 Å². The van der Waals surface area contributed by atoms with E-state index in [2.05, 4.69) is 77.6 Å². The summed E-state index contributed by atoms with van der Waals surface area (Å²) < 4.78 is 0. The van der Waals surface area contributed by atoms with Gasteiger partial charge in [0.1, 0.15) is 0 Å². The van der Waals surface area contributed by atoms with Gasteiger partial charge in [0.2, 0.25) is 0 Å². The Hall–Kier alpha value is -2.22. The highest BCUT2D eigenvalue weighted by Crippen LogP contribution is 2.28. The van der Waals surface area contributed by atoms with Crippen LogP contribution in [0.15, 0.2) is 54.5 Å². The number of nitrogens with zero attached hydrogens (tertiary/aromatic N) is 1. The van der Waals surface area contributed by atoms with Crippen molar-refractivity contribution in [1.82, 2.24) is 0 Å². The third kappa shape index (κ3) is 1.35. The van der Waals surface area contributed by atoms with Gasteiger partial charge in [0.15, 0.2) is 0 Å². The fraction of sp³-hybridized carbons (Fsp3) is 0. The van der Waals surface area contributed by atoms with Crippen molar-refractivity contribution < 1.29 is 0 Å². The minimum absolute atomic E-state index is 0.342. The van der Waals surface area contributed by atoms with Crippen LogP contribution >= 0.6 is 0 Å². The molecule has 0 N–H and O–H groups in total. The lowest BCUT2D eigenvalue weighted by molar-refractivity contribution is 1.38. The van der Waals surface area contributed by atoms with Crippen LogP contribution in [0.3, 0.4) is 0 Å². The summed E-state index contributed by atoms with van der Waals surface area (Å²) in [5, 5.41) is 2.61. The molecule has 2 heteroatoms. The van der Waals surface area contributed by atoms with E-state index in [0.717, 1.165) is 0 Å². The fourth-order valence-electron chi connectivity index (χ4n) is 2.72. The van der Waals surface area contributed by atoms with E-state index in [9.17, 15) is 0 Å². The predicted molar refractivity (Wildman–Crippen MR) is 78.3 cm³/mol. The highest BCUT2D eigenvalue weighted by Gasteiger charge is 2.24. The minimum atomic E-state index is 0.342. The molecule has 2 heterocycles. The molecule has 2 aromatic rings. The molecule has 84 valence electrons. The van der Waals surface area contributed by atoms with Gasteiger partial charge in [-0.15, -0.1) is 0 Å². The van der Waals surface area contributed by atoms with E-state index in [0.29, 0.717) is 6.85 Å². The van der Waals surface area contributed by atoms with E-state index in [1.165, 1.54) is 21.7 Å². The number of fused-ring (bicyclic) bond motifs is 4. The summed E-state index contributed by atoms with van der Waals surface area (Å²) in [6.45, 7) is 0.342. The van der Waals surface area contributed by atoms with Gasteiger partial charge >= 0.3 is 6.85 Å². The second-order valence-corrected chi connectivity index (χ2v) is 4.74. The van der Waals surface area contributed by atoms with E-state index in [1.807, 2.05) is 0 Å². The maximum absolute atomic E-state index is 2.34. The van der Waals surface area contributed by atoms with Crippen molar-refractivity contribution in [2.45, 2.75) is 0 Å². The molecular weight excluding hydrogens is 217 g/mol. The average molecular weight is 229 g/mol. The van der Waals surface area contributed by atoms with Crippen LogP contribution in [-0.2, 0) is 0 Å². The Bertz CT molecular complexity index is 761. The van der Waals surface area contributed by atoms with E-state index < -0.39 is 0 Å². The number of rotatable bonds is 0. The standard InChI is InChI=1S/C16H12BN/c1-2-7-15-12-18-16-8-4-3-5-13(16)9-10-17(18)11-14(15)6-1/h1-12H. The van der Waals surface area contributed by atoms with Crippen LogP contribution in [0.1, 0.15) is 5.56 Å². The van der Waals surface area contributed by atoms with Crippen LogP contribution in [0, 0.1) is 0 Å². The highest BCUT2D eigenvalue weighted by atomic mass is 15.1. The van der Waals surface area contributed by atoms with Crippen molar-refractivity contribution >= 4 is 30.8 Å². The highest BCUT2D eigenvalue weighted by molar-refractivity contribution is 6.83. The topological polar surface area (TPSA) is 3.24 Å². The molecule has 0 unspecified atom stereocenters. The molecule has 0 aromatic heterocycles. The van der Waals surface area contributed by atoms with E-state index in [4.69, 9.17) is 0 Å². The molecule has 2 aliphatic rings. The van der Waals surface area contributed by atoms with Crippen molar-refractivity contribution in [2.24, 2.45) is 0 Å². The maximum atomic E-state index is 2.34. The Morgan fingerprint density at radius 2 is 1.61 bits per heavy atom. The molecule has 1 nitrogen and oxygen atoms in total. The maximum Gasteiger partial charge on any atom is 0.313 e. The molecule has 0 saturated carbocycles. The Morgan fingerprint density at radius 1 is 0.833 bits per heavy atom. The first-order valence-corrected chi connectivity index (χ1v) is 6.26. The molecule has 2 aliphatic heterocycles. The summed E-state index contributed by atoms with van der Waals surface area (Å²) in [4.78, 5) is 2.34. The lowest BCUT2D eigenvalue weighted by Gasteiger charge is -2.31. The van der Waals surface area contributed by atoms with Crippen LogP contribution in [0.5, 0.6) is 0 Å². The van der Waals surface area contributed by atoms with Crippen LogP contribution in [0.4, 0.5) is 5.69 Å². The van der Waals surface area contributed by atoms with Crippen molar-refractivity contribution in [3.63, 3.8) is 0 Å². The summed E-state index contributed by atoms with van der Waals surface area (Å²) in [6, 6.07) is 17.1. The first-order valence-electron chi connectivity index (χ1n) is 6.26. The lowest BCUT2D eigenvalue weighted by atomic mass is 9.56. The third-order valence-corrected chi connectivity index (χ3v) is 3.63. The first-order chi connectivity index (χ1) is 8.92. The molecule has 2 aromatic carbocycles. The molecule has 0 amide bonds. The van der Waals surface area contributed by atoms with Gasteiger partial charge in [-0.1, -0.05) is 60.5 Å². The van der Waals surface area contributed by atoms with Crippen LogP contribution in [-0.4, -0.2) is 6.85 Å². The molecule has 0 saturated heterocycles. The van der Waals surface area contributed by atoms with Gasteiger partial charge in [-0.3, -0.25) is 0 Å². The van der Waals surface area contributed by atoms with Crippen LogP contribution < -0.4 is 15.2 Å². The average Bonchev–Trinajstić information content (AvgIpc) is 2.45. The minimum Gasteiger partial charge on any atom is -0.383 e. The molecule has 18 heavy (non-hydrogen) atoms. The van der Waals surface area contributed by atoms with Crippen molar-refractivity contribution in [3.05, 3.63) is 70.5 Å². The second-order valence-electron chi connectivity index (χ2n) is 4.74. The quantitative estimate of drug-likeness (QED) is 0.623. The van der Waals surface area contributed by atoms with Gasteiger partial charge in [0, 0.05) is 5.69 Å². The van der Waals surface area contributed by atoms with Gasteiger partial charge in [0.25, 0.3) is 0 Å². The van der Waals surface area contributed by atoms with Gasteiger partial charge in [-0.05, 0) is 28.3 Å². The van der Waals surface area contributed by atoms with E-state index >= 15 is 0 Å². The SMILES string of the molecule is C1=Cc2ccccc2N2C=c3ccccc3=CB12. The molecule has 0 bridgehead atoms. The number of hydrogen-bond donors (Lipinski definition) is 0. The number of para-hydroxylation sites is 1. The molecular formula is C16H12BN. The number of hydrogen-bond acceptors (Lipinski definition) is 1. The Kier molecular flexibility index (Phi) is 1.98. The molecule has 0 spiro atoms. The Morgan fingerprint density at radius 3 is 2.56 bits per heavy atom. The Balaban J connectivity index is 1.99. The summed E-state index contributed by atoms with van der Waals surface area (Å²) in [5.41, 5.74) is 2.58. The van der Waals surface area contributed by atoms with Gasteiger partial charge in [0.05, 0.1) is 0 Å². The third-order valence-electron chi connectivity index (χ3n) is 3.63. The number of anilines is 1. The Labute approximate surface area is 106 Å². The first kappa shape index (κ1) is 9.78. The van der Waals surface area contributed by atoms with Crippen molar-refractivity contribution in [1.29, 1.82) is 0 Å². The molecule has 0 radical (unpaired) electrons. The number of benzene rings is 2. The van der Waals surface area contributed by atoms with Gasteiger partial charge in [-0.2, -0.15) is 0 Å².